The van der Waals surface area contributed by atoms with Crippen LogP contribution in [0.5, 0.6) is 0 Å². The fourth-order valence-electron chi connectivity index (χ4n) is 3.71. The Balaban J connectivity index is 1.83. The van der Waals surface area contributed by atoms with Crippen molar-refractivity contribution in [2.24, 2.45) is 0 Å². The number of fused-ring (bicyclic) bond motifs is 3. The molecule has 2 aliphatic rings. The van der Waals surface area contributed by atoms with Crippen LogP contribution in [0.25, 0.3) is 16.8 Å². The second-order valence-electron chi connectivity index (χ2n) is 6.25. The highest BCUT2D eigenvalue weighted by Crippen LogP contribution is 2.44. The number of anilines is 2. The van der Waals surface area contributed by atoms with Crippen molar-refractivity contribution in [3.05, 3.63) is 102 Å². The smallest absolute Gasteiger partial charge is 0.0540 e. The third kappa shape index (κ3) is 1.95. The van der Waals surface area contributed by atoms with Gasteiger partial charge in [-0.25, -0.2) is 0 Å². The minimum absolute atomic E-state index is 0.988. The first kappa shape index (κ1) is 13.4. The predicted molar refractivity (Wildman–Crippen MR) is 102 cm³/mol. The van der Waals surface area contributed by atoms with Gasteiger partial charge in [-0.3, -0.25) is 0 Å². The molecule has 0 unspecified atom stereocenters. The Bertz CT molecular complexity index is 1030. The average Bonchev–Trinajstić information content (AvgIpc) is 2.66. The van der Waals surface area contributed by atoms with Crippen LogP contribution in [0, 0.1) is 0 Å². The van der Waals surface area contributed by atoms with Crippen LogP contribution in [0.1, 0.15) is 12.0 Å². The number of allylic oxidation sites excluding steroid dienone is 4. The van der Waals surface area contributed by atoms with Crippen molar-refractivity contribution in [2.75, 3.05) is 4.90 Å². The Labute approximate surface area is 141 Å². The molecule has 0 bridgehead atoms. The summed E-state index contributed by atoms with van der Waals surface area (Å²) < 4.78 is 0. The summed E-state index contributed by atoms with van der Waals surface area (Å²) in [7, 11) is 0. The highest BCUT2D eigenvalue weighted by Gasteiger charge is 2.25. The number of hydrogen-bond donors (Lipinski definition) is 0. The zero-order valence-corrected chi connectivity index (χ0v) is 13.3. The van der Waals surface area contributed by atoms with Gasteiger partial charge in [0.2, 0.25) is 0 Å². The second kappa shape index (κ2) is 5.24. The van der Waals surface area contributed by atoms with Gasteiger partial charge in [0, 0.05) is 11.1 Å². The molecule has 0 N–H and O–H groups in total. The Morgan fingerprint density at radius 3 is 2.54 bits per heavy atom. The molecule has 5 rings (SSSR count). The molecule has 24 heavy (non-hydrogen) atoms. The van der Waals surface area contributed by atoms with Gasteiger partial charge < -0.3 is 4.90 Å². The van der Waals surface area contributed by atoms with Crippen molar-refractivity contribution < 1.29 is 0 Å². The summed E-state index contributed by atoms with van der Waals surface area (Å²) in [5, 5.41) is 2.56. The SMILES string of the molecule is C1=CCC2=Cc3ccccc3N(c3cccc4ccccc34)C2=C1. The van der Waals surface area contributed by atoms with Gasteiger partial charge in [0.25, 0.3) is 0 Å². The molecule has 0 amide bonds. The molecule has 0 fully saturated rings. The van der Waals surface area contributed by atoms with Gasteiger partial charge >= 0.3 is 0 Å². The molecule has 0 aromatic heterocycles. The number of benzene rings is 3. The van der Waals surface area contributed by atoms with E-state index in [9.17, 15) is 0 Å². The standard InChI is InChI=1S/C23H17N/c1-4-12-20-17(8-1)11-7-15-23(20)24-21-13-5-2-9-18(21)16-19-10-3-6-14-22(19)24/h1-9,11-16H,10H2. The summed E-state index contributed by atoms with van der Waals surface area (Å²) >= 11 is 0. The van der Waals surface area contributed by atoms with Gasteiger partial charge in [-0.1, -0.05) is 66.7 Å². The van der Waals surface area contributed by atoms with E-state index in [4.69, 9.17) is 0 Å². The van der Waals surface area contributed by atoms with Crippen molar-refractivity contribution >= 4 is 28.2 Å². The zero-order valence-electron chi connectivity index (χ0n) is 13.3. The highest BCUT2D eigenvalue weighted by atomic mass is 15.2. The molecule has 3 aromatic rings. The van der Waals surface area contributed by atoms with Crippen LogP contribution in [0.3, 0.4) is 0 Å². The monoisotopic (exact) mass is 307 g/mol. The minimum Gasteiger partial charge on any atom is -0.309 e. The van der Waals surface area contributed by atoms with Gasteiger partial charge in [-0.15, -0.1) is 0 Å². The lowest BCUT2D eigenvalue weighted by atomic mass is 9.93. The molecule has 0 saturated heterocycles. The van der Waals surface area contributed by atoms with Gasteiger partial charge in [-0.05, 0) is 47.2 Å². The van der Waals surface area contributed by atoms with E-state index in [1.54, 1.807) is 0 Å². The van der Waals surface area contributed by atoms with Gasteiger partial charge in [0.1, 0.15) is 0 Å². The van der Waals surface area contributed by atoms with Crippen LogP contribution in [0.2, 0.25) is 0 Å². The lowest BCUT2D eigenvalue weighted by Crippen LogP contribution is -2.22. The molecule has 0 radical (unpaired) electrons. The third-order valence-electron chi connectivity index (χ3n) is 4.81. The second-order valence-corrected chi connectivity index (χ2v) is 6.25. The summed E-state index contributed by atoms with van der Waals surface area (Å²) in [6, 6.07) is 23.8. The molecule has 1 nitrogen and oxygen atoms in total. The number of hydrogen-bond acceptors (Lipinski definition) is 1. The molecule has 0 saturated carbocycles. The Hall–Kier alpha value is -3.06. The minimum atomic E-state index is 0.988. The van der Waals surface area contributed by atoms with Crippen LogP contribution >= 0.6 is 0 Å². The van der Waals surface area contributed by atoms with E-state index in [2.05, 4.69) is 95.9 Å². The zero-order chi connectivity index (χ0) is 15.9. The fourth-order valence-corrected chi connectivity index (χ4v) is 3.71. The lowest BCUT2D eigenvalue weighted by molar-refractivity contribution is 1.09. The van der Waals surface area contributed by atoms with Crippen molar-refractivity contribution in [2.45, 2.75) is 6.42 Å². The largest absolute Gasteiger partial charge is 0.309 e. The molecule has 1 heteroatoms. The van der Waals surface area contributed by atoms with Crippen LogP contribution in [0.15, 0.2) is 96.2 Å². The van der Waals surface area contributed by atoms with E-state index in [1.807, 2.05) is 0 Å². The maximum absolute atomic E-state index is 2.41. The summed E-state index contributed by atoms with van der Waals surface area (Å²) in [6.07, 6.45) is 9.93. The van der Waals surface area contributed by atoms with Crippen molar-refractivity contribution in [1.82, 2.24) is 0 Å². The maximum atomic E-state index is 2.41. The van der Waals surface area contributed by atoms with E-state index in [0.717, 1.165) is 6.42 Å². The van der Waals surface area contributed by atoms with Gasteiger partial charge in [-0.2, -0.15) is 0 Å². The summed E-state index contributed by atoms with van der Waals surface area (Å²) in [4.78, 5) is 2.41. The maximum Gasteiger partial charge on any atom is 0.0540 e. The summed E-state index contributed by atoms with van der Waals surface area (Å²) in [5.74, 6) is 0. The van der Waals surface area contributed by atoms with E-state index < -0.39 is 0 Å². The van der Waals surface area contributed by atoms with Crippen molar-refractivity contribution in [3.8, 4) is 0 Å². The van der Waals surface area contributed by atoms with E-state index in [1.165, 1.54) is 39.0 Å². The first-order chi connectivity index (χ1) is 11.9. The summed E-state index contributed by atoms with van der Waals surface area (Å²) in [6.45, 7) is 0. The lowest BCUT2D eigenvalue weighted by Gasteiger charge is -2.35. The highest BCUT2D eigenvalue weighted by molar-refractivity contribution is 5.99. The molecule has 1 heterocycles. The molecular formula is C23H17N. The number of rotatable bonds is 1. The van der Waals surface area contributed by atoms with Crippen molar-refractivity contribution in [3.63, 3.8) is 0 Å². The number of nitrogens with zero attached hydrogens (tertiary/aromatic N) is 1. The van der Waals surface area contributed by atoms with Crippen LogP contribution in [-0.2, 0) is 0 Å². The first-order valence-electron chi connectivity index (χ1n) is 8.36. The molecular weight excluding hydrogens is 290 g/mol. The Kier molecular flexibility index (Phi) is 2.92. The molecule has 1 aliphatic heterocycles. The van der Waals surface area contributed by atoms with Crippen molar-refractivity contribution in [1.29, 1.82) is 0 Å². The average molecular weight is 307 g/mol. The van der Waals surface area contributed by atoms with Crippen LogP contribution in [0.4, 0.5) is 11.4 Å². The number of para-hydroxylation sites is 1. The molecule has 3 aromatic carbocycles. The summed E-state index contributed by atoms with van der Waals surface area (Å²) in [5.41, 5.74) is 6.44. The molecule has 0 atom stereocenters. The topological polar surface area (TPSA) is 3.24 Å². The predicted octanol–water partition coefficient (Wildman–Crippen LogP) is 6.22. The van der Waals surface area contributed by atoms with Crippen LogP contribution < -0.4 is 4.90 Å². The Morgan fingerprint density at radius 1 is 0.750 bits per heavy atom. The van der Waals surface area contributed by atoms with Gasteiger partial charge in [0.15, 0.2) is 0 Å². The third-order valence-corrected chi connectivity index (χ3v) is 4.81. The van der Waals surface area contributed by atoms with Gasteiger partial charge in [0.05, 0.1) is 11.4 Å². The molecule has 1 aliphatic carbocycles. The Morgan fingerprint density at radius 2 is 1.54 bits per heavy atom. The first-order valence-corrected chi connectivity index (χ1v) is 8.36. The normalized spacial score (nSPS) is 15.6. The van der Waals surface area contributed by atoms with Crippen LogP contribution in [-0.4, -0.2) is 0 Å². The van der Waals surface area contributed by atoms with E-state index in [-0.39, 0.29) is 0 Å². The fraction of sp³-hybridized carbons (Fsp3) is 0.0435. The molecule has 114 valence electrons. The molecule has 0 spiro atoms. The van der Waals surface area contributed by atoms with E-state index >= 15 is 0 Å². The quantitative estimate of drug-likeness (QED) is 0.516. The van der Waals surface area contributed by atoms with E-state index in [0.29, 0.717) is 0 Å².